The number of aliphatic carboxylic acids is 1. The third-order valence-corrected chi connectivity index (χ3v) is 4.68. The lowest BCUT2D eigenvalue weighted by atomic mass is 9.88. The van der Waals surface area contributed by atoms with Crippen LogP contribution in [0.15, 0.2) is 0 Å². The van der Waals surface area contributed by atoms with Gasteiger partial charge in [-0.05, 0) is 19.3 Å². The highest BCUT2D eigenvalue weighted by atomic mass is 32.2. The van der Waals surface area contributed by atoms with Crippen molar-refractivity contribution in [3.8, 4) is 0 Å². The van der Waals surface area contributed by atoms with Crippen LogP contribution in [0.2, 0.25) is 0 Å². The Kier molecular flexibility index (Phi) is 4.38. The average molecular weight is 232 g/mol. The molecule has 0 aromatic rings. The maximum absolute atomic E-state index is 11.2. The summed E-state index contributed by atoms with van der Waals surface area (Å²) < 4.78 is 0.222. The number of hydrogen-bond donors (Lipinski definition) is 1. The van der Waals surface area contributed by atoms with Crippen LogP contribution in [0.25, 0.3) is 0 Å². The molecule has 0 aromatic heterocycles. The van der Waals surface area contributed by atoms with E-state index in [-0.39, 0.29) is 0 Å². The summed E-state index contributed by atoms with van der Waals surface area (Å²) in [6.07, 6.45) is 5.53. The van der Waals surface area contributed by atoms with E-state index in [0.29, 0.717) is 0 Å². The highest BCUT2D eigenvalue weighted by molar-refractivity contribution is 8.24. The van der Waals surface area contributed by atoms with Crippen LogP contribution in [0.1, 0.15) is 45.4 Å². The summed E-state index contributed by atoms with van der Waals surface area (Å²) in [6, 6.07) is 0. The number of carbonyl (C=O) groups is 1. The lowest BCUT2D eigenvalue weighted by Gasteiger charge is -2.32. The van der Waals surface area contributed by atoms with E-state index < -0.39 is 10.7 Å². The van der Waals surface area contributed by atoms with Gasteiger partial charge in [-0.15, -0.1) is 11.8 Å². The van der Waals surface area contributed by atoms with Crippen molar-refractivity contribution in [1.29, 1.82) is 0 Å². The van der Waals surface area contributed by atoms with Crippen LogP contribution >= 0.6 is 24.0 Å². The van der Waals surface area contributed by atoms with E-state index in [1.54, 1.807) is 0 Å². The normalized spacial score (nSPS) is 20.4. The molecule has 0 unspecified atom stereocenters. The molecule has 0 aromatic carbocycles. The summed E-state index contributed by atoms with van der Waals surface area (Å²) in [4.78, 5) is 11.2. The largest absolute Gasteiger partial charge is 0.480 e. The Hall–Kier alpha value is -0.0900. The zero-order valence-electron chi connectivity index (χ0n) is 8.41. The van der Waals surface area contributed by atoms with Crippen LogP contribution in [0, 0.1) is 0 Å². The summed E-state index contributed by atoms with van der Waals surface area (Å²) in [5.74, 6) is -0.682. The number of carboxylic acid groups (broad SMARTS) is 1. The molecular weight excluding hydrogens is 216 g/mol. The van der Waals surface area contributed by atoms with Crippen molar-refractivity contribution in [3.05, 3.63) is 0 Å². The van der Waals surface area contributed by atoms with E-state index in [1.165, 1.54) is 11.8 Å². The fourth-order valence-corrected chi connectivity index (χ4v) is 3.41. The molecule has 0 spiro atoms. The number of rotatable bonds is 3. The second kappa shape index (κ2) is 5.12. The van der Waals surface area contributed by atoms with Gasteiger partial charge in [0, 0.05) is 4.20 Å². The van der Waals surface area contributed by atoms with Crippen molar-refractivity contribution in [2.24, 2.45) is 0 Å². The zero-order chi connectivity index (χ0) is 10.6. The topological polar surface area (TPSA) is 37.3 Å². The minimum Gasteiger partial charge on any atom is -0.480 e. The van der Waals surface area contributed by atoms with Crippen LogP contribution < -0.4 is 0 Å². The van der Waals surface area contributed by atoms with Gasteiger partial charge in [-0.2, -0.15) is 0 Å². The van der Waals surface area contributed by atoms with E-state index in [4.69, 9.17) is 12.2 Å². The molecule has 0 amide bonds. The van der Waals surface area contributed by atoms with Gasteiger partial charge in [0.05, 0.1) is 0 Å². The van der Waals surface area contributed by atoms with Gasteiger partial charge in [0.2, 0.25) is 0 Å². The van der Waals surface area contributed by atoms with Gasteiger partial charge in [-0.3, -0.25) is 4.79 Å². The number of thioether (sulfide) groups is 1. The van der Waals surface area contributed by atoms with Crippen molar-refractivity contribution in [2.75, 3.05) is 0 Å². The van der Waals surface area contributed by atoms with Crippen molar-refractivity contribution in [3.63, 3.8) is 0 Å². The molecule has 1 saturated carbocycles. The highest BCUT2D eigenvalue weighted by Crippen LogP contribution is 2.41. The number of thiocarbonyl (C=S) groups is 1. The monoisotopic (exact) mass is 232 g/mol. The lowest BCUT2D eigenvalue weighted by molar-refractivity contribution is -0.140. The average Bonchev–Trinajstić information content (AvgIpc) is 2.19. The molecule has 0 radical (unpaired) electrons. The van der Waals surface area contributed by atoms with Crippen LogP contribution in [0.4, 0.5) is 0 Å². The molecule has 80 valence electrons. The quantitative estimate of drug-likeness (QED) is 0.758. The Morgan fingerprint density at radius 3 is 2.43 bits per heavy atom. The molecule has 0 saturated heterocycles. The number of carboxylic acids is 1. The standard InChI is InChI=1S/C10H16O2S2/c1-2-8(13)14-10(9(11)12)6-4-3-5-7-10/h2-7H2,1H3,(H,11,12). The molecule has 14 heavy (non-hydrogen) atoms. The van der Waals surface area contributed by atoms with Gasteiger partial charge in [-0.25, -0.2) is 0 Å². The Bertz CT molecular complexity index is 232. The van der Waals surface area contributed by atoms with Crippen LogP contribution in [0.3, 0.4) is 0 Å². The first-order valence-electron chi connectivity index (χ1n) is 5.06. The fraction of sp³-hybridized carbons (Fsp3) is 0.800. The smallest absolute Gasteiger partial charge is 0.320 e. The molecule has 0 atom stereocenters. The Balaban J connectivity index is 2.70. The van der Waals surface area contributed by atoms with Crippen LogP contribution in [-0.4, -0.2) is 20.0 Å². The maximum Gasteiger partial charge on any atom is 0.320 e. The molecule has 0 bridgehead atoms. The maximum atomic E-state index is 11.2. The van der Waals surface area contributed by atoms with E-state index in [9.17, 15) is 9.90 Å². The molecule has 1 aliphatic carbocycles. The third-order valence-electron chi connectivity index (χ3n) is 2.65. The lowest BCUT2D eigenvalue weighted by Crippen LogP contribution is -2.38. The van der Waals surface area contributed by atoms with E-state index in [0.717, 1.165) is 42.7 Å². The minimum absolute atomic E-state index is 0.606. The molecule has 0 heterocycles. The summed E-state index contributed by atoms with van der Waals surface area (Å²) >= 11 is 6.53. The Labute approximate surface area is 94.5 Å². The zero-order valence-corrected chi connectivity index (χ0v) is 10.0. The van der Waals surface area contributed by atoms with E-state index in [1.807, 2.05) is 6.92 Å². The summed E-state index contributed by atoms with van der Waals surface area (Å²) in [6.45, 7) is 1.98. The molecule has 0 aliphatic heterocycles. The predicted molar refractivity (Wildman–Crippen MR) is 63.9 cm³/mol. The SMILES string of the molecule is CCC(=S)SC1(C(=O)O)CCCCC1. The first-order chi connectivity index (χ1) is 6.60. The highest BCUT2D eigenvalue weighted by Gasteiger charge is 2.40. The minimum atomic E-state index is -0.682. The Morgan fingerprint density at radius 1 is 1.43 bits per heavy atom. The molecule has 1 rings (SSSR count). The van der Waals surface area contributed by atoms with Crippen LogP contribution in [-0.2, 0) is 4.79 Å². The van der Waals surface area contributed by atoms with Gasteiger partial charge < -0.3 is 5.11 Å². The molecule has 2 nitrogen and oxygen atoms in total. The van der Waals surface area contributed by atoms with Gasteiger partial charge in [0.15, 0.2) is 0 Å². The second-order valence-corrected chi connectivity index (χ2v) is 5.92. The first kappa shape index (κ1) is 12.0. The molecule has 1 N–H and O–H groups in total. The second-order valence-electron chi connectivity index (χ2n) is 3.69. The summed E-state index contributed by atoms with van der Waals surface area (Å²) in [5, 5.41) is 9.25. The third kappa shape index (κ3) is 2.70. The molecular formula is C10H16O2S2. The van der Waals surface area contributed by atoms with Crippen molar-refractivity contribution >= 4 is 34.1 Å². The van der Waals surface area contributed by atoms with Crippen molar-refractivity contribution in [1.82, 2.24) is 0 Å². The van der Waals surface area contributed by atoms with Gasteiger partial charge in [0.1, 0.15) is 4.75 Å². The predicted octanol–water partition coefficient (Wildman–Crippen LogP) is 3.24. The number of hydrogen-bond acceptors (Lipinski definition) is 3. The summed E-state index contributed by atoms with van der Waals surface area (Å²) in [5.41, 5.74) is 0. The first-order valence-corrected chi connectivity index (χ1v) is 6.28. The van der Waals surface area contributed by atoms with Gasteiger partial charge in [0.25, 0.3) is 0 Å². The fourth-order valence-electron chi connectivity index (χ4n) is 1.77. The molecule has 1 fully saturated rings. The van der Waals surface area contributed by atoms with Gasteiger partial charge in [-0.1, -0.05) is 38.4 Å². The van der Waals surface area contributed by atoms with Crippen molar-refractivity contribution < 1.29 is 9.90 Å². The molecule has 1 aliphatic rings. The van der Waals surface area contributed by atoms with Gasteiger partial charge >= 0.3 is 5.97 Å². The van der Waals surface area contributed by atoms with Crippen molar-refractivity contribution in [2.45, 2.75) is 50.2 Å². The molecule has 4 heteroatoms. The van der Waals surface area contributed by atoms with E-state index in [2.05, 4.69) is 0 Å². The summed E-state index contributed by atoms with van der Waals surface area (Å²) in [7, 11) is 0. The van der Waals surface area contributed by atoms with E-state index >= 15 is 0 Å². The Morgan fingerprint density at radius 2 is 2.00 bits per heavy atom. The van der Waals surface area contributed by atoms with Crippen LogP contribution in [0.5, 0.6) is 0 Å².